The van der Waals surface area contributed by atoms with Crippen molar-refractivity contribution in [2.45, 2.75) is 51.5 Å². The molecule has 4 rings (SSSR count). The van der Waals surface area contributed by atoms with Crippen LogP contribution in [0.25, 0.3) is 0 Å². The van der Waals surface area contributed by atoms with Crippen molar-refractivity contribution in [1.82, 2.24) is 4.90 Å². The van der Waals surface area contributed by atoms with Gasteiger partial charge >= 0.3 is 0 Å². The molecule has 174 valence electrons. The summed E-state index contributed by atoms with van der Waals surface area (Å²) in [4.78, 5) is 43.2. The lowest BCUT2D eigenvalue weighted by molar-refractivity contribution is -0.128. The molecule has 2 aliphatic rings. The largest absolute Gasteiger partial charge is 0.325 e. The van der Waals surface area contributed by atoms with Crippen molar-refractivity contribution in [3.05, 3.63) is 54.1 Å². The van der Waals surface area contributed by atoms with Gasteiger partial charge < -0.3 is 10.6 Å². The highest BCUT2D eigenvalue weighted by Gasteiger charge is 2.52. The van der Waals surface area contributed by atoms with Crippen LogP contribution in [0, 0.1) is 6.92 Å². The van der Waals surface area contributed by atoms with Gasteiger partial charge in [-0.25, -0.2) is 0 Å². The van der Waals surface area contributed by atoms with Gasteiger partial charge in [-0.3, -0.25) is 24.2 Å². The quantitative estimate of drug-likeness (QED) is 0.672. The van der Waals surface area contributed by atoms with Crippen LogP contribution in [0.2, 0.25) is 0 Å². The lowest BCUT2D eigenvalue weighted by atomic mass is 9.89. The van der Waals surface area contributed by atoms with E-state index in [9.17, 15) is 14.4 Å². The second-order valence-electron chi connectivity index (χ2n) is 9.01. The van der Waals surface area contributed by atoms with E-state index in [-0.39, 0.29) is 30.8 Å². The van der Waals surface area contributed by atoms with E-state index >= 15 is 0 Å². The van der Waals surface area contributed by atoms with Gasteiger partial charge in [-0.15, -0.1) is 0 Å². The highest BCUT2D eigenvalue weighted by Crippen LogP contribution is 2.45. The van der Waals surface area contributed by atoms with Crippen LogP contribution in [0.15, 0.2) is 48.5 Å². The molecule has 7 nitrogen and oxygen atoms in total. The maximum Gasteiger partial charge on any atom is 0.250 e. The molecule has 0 bridgehead atoms. The van der Waals surface area contributed by atoms with Crippen molar-refractivity contribution in [2.24, 2.45) is 0 Å². The smallest absolute Gasteiger partial charge is 0.250 e. The summed E-state index contributed by atoms with van der Waals surface area (Å²) in [5, 5.41) is 5.96. The predicted octanol–water partition coefficient (Wildman–Crippen LogP) is 3.94. The van der Waals surface area contributed by atoms with Crippen LogP contribution < -0.4 is 15.5 Å². The molecule has 1 saturated carbocycles. The number of para-hydroxylation sites is 3. The van der Waals surface area contributed by atoms with E-state index in [1.54, 1.807) is 4.90 Å². The Morgan fingerprint density at radius 2 is 1.76 bits per heavy atom. The molecule has 0 radical (unpaired) electrons. The fourth-order valence-electron chi connectivity index (χ4n) is 5.03. The van der Waals surface area contributed by atoms with Crippen LogP contribution in [-0.4, -0.2) is 47.8 Å². The first-order chi connectivity index (χ1) is 15.9. The Morgan fingerprint density at radius 3 is 2.48 bits per heavy atom. The maximum atomic E-state index is 13.7. The number of hydrogen-bond donors (Lipinski definition) is 2. The van der Waals surface area contributed by atoms with Gasteiger partial charge in [0.15, 0.2) is 0 Å². The third kappa shape index (κ3) is 4.64. The maximum absolute atomic E-state index is 13.7. The second kappa shape index (κ2) is 9.75. The molecular formula is C26H32N4O3. The molecule has 2 N–H and O–H groups in total. The lowest BCUT2D eigenvalue weighted by Crippen LogP contribution is -2.62. The molecule has 1 aliphatic carbocycles. The first-order valence-corrected chi connectivity index (χ1v) is 11.8. The molecule has 0 unspecified atom stereocenters. The summed E-state index contributed by atoms with van der Waals surface area (Å²) in [6.07, 6.45) is 3.95. The van der Waals surface area contributed by atoms with Crippen molar-refractivity contribution < 1.29 is 14.4 Å². The van der Waals surface area contributed by atoms with Crippen molar-refractivity contribution in [2.75, 3.05) is 35.2 Å². The zero-order valence-electron chi connectivity index (χ0n) is 19.4. The highest BCUT2D eigenvalue weighted by atomic mass is 16.2. The van der Waals surface area contributed by atoms with E-state index in [2.05, 4.69) is 10.6 Å². The molecule has 2 aromatic rings. The number of fused-ring (bicyclic) bond motifs is 1. The van der Waals surface area contributed by atoms with E-state index in [0.717, 1.165) is 36.2 Å². The molecule has 33 heavy (non-hydrogen) atoms. The van der Waals surface area contributed by atoms with Crippen molar-refractivity contribution in [3.8, 4) is 0 Å². The van der Waals surface area contributed by atoms with Gasteiger partial charge in [0.05, 0.1) is 24.5 Å². The van der Waals surface area contributed by atoms with Crippen LogP contribution in [-0.2, 0) is 14.4 Å². The van der Waals surface area contributed by atoms with E-state index in [0.29, 0.717) is 25.1 Å². The predicted molar refractivity (Wildman–Crippen MR) is 130 cm³/mol. The van der Waals surface area contributed by atoms with Gasteiger partial charge in [-0.1, -0.05) is 50.1 Å². The summed E-state index contributed by atoms with van der Waals surface area (Å²) in [7, 11) is 0. The Morgan fingerprint density at radius 1 is 1.06 bits per heavy atom. The second-order valence-corrected chi connectivity index (χ2v) is 9.01. The fraction of sp³-hybridized carbons (Fsp3) is 0.423. The molecule has 1 fully saturated rings. The minimum absolute atomic E-state index is 0.0817. The number of amides is 3. The summed E-state index contributed by atoms with van der Waals surface area (Å²) in [5.74, 6) is -0.402. The Labute approximate surface area is 195 Å². The molecule has 7 heteroatoms. The average molecular weight is 449 g/mol. The number of nitrogens with one attached hydrogen (secondary N) is 2. The van der Waals surface area contributed by atoms with E-state index in [4.69, 9.17) is 0 Å². The minimum atomic E-state index is -0.841. The van der Waals surface area contributed by atoms with Gasteiger partial charge in [-0.2, -0.15) is 0 Å². The SMILES string of the molecule is CCCN(CC(=O)Nc1ccccc1C)CC(=O)N1c2ccccc2NC(=O)C12CCCC2. The number of benzene rings is 2. The third-order valence-corrected chi connectivity index (χ3v) is 6.61. The van der Waals surface area contributed by atoms with E-state index < -0.39 is 5.54 Å². The first kappa shape index (κ1) is 23.0. The number of nitrogens with zero attached hydrogens (tertiary/aromatic N) is 2. The summed E-state index contributed by atoms with van der Waals surface area (Å²) in [6, 6.07) is 15.1. The zero-order valence-corrected chi connectivity index (χ0v) is 19.4. The molecule has 1 heterocycles. The van der Waals surface area contributed by atoms with Crippen molar-refractivity contribution in [3.63, 3.8) is 0 Å². The number of hydrogen-bond acceptors (Lipinski definition) is 4. The van der Waals surface area contributed by atoms with E-state index in [1.165, 1.54) is 0 Å². The molecule has 3 amide bonds. The van der Waals surface area contributed by atoms with Gasteiger partial charge in [0.1, 0.15) is 5.54 Å². The van der Waals surface area contributed by atoms with Crippen LogP contribution >= 0.6 is 0 Å². The topological polar surface area (TPSA) is 81.8 Å². The average Bonchev–Trinajstić information content (AvgIpc) is 3.26. The normalized spacial score (nSPS) is 16.6. The minimum Gasteiger partial charge on any atom is -0.325 e. The van der Waals surface area contributed by atoms with Gasteiger partial charge in [0, 0.05) is 5.69 Å². The number of aryl methyl sites for hydroxylation is 1. The molecular weight excluding hydrogens is 416 g/mol. The molecule has 2 aromatic carbocycles. The highest BCUT2D eigenvalue weighted by molar-refractivity contribution is 6.15. The summed E-state index contributed by atoms with van der Waals surface area (Å²) >= 11 is 0. The summed E-state index contributed by atoms with van der Waals surface area (Å²) < 4.78 is 0. The number of carbonyl (C=O) groups excluding carboxylic acids is 3. The Hall–Kier alpha value is -3.19. The molecule has 1 spiro atoms. The monoisotopic (exact) mass is 448 g/mol. The summed E-state index contributed by atoms with van der Waals surface area (Å²) in [6.45, 7) is 4.78. The van der Waals surface area contributed by atoms with Crippen LogP contribution in [0.5, 0.6) is 0 Å². The van der Waals surface area contributed by atoms with Gasteiger partial charge in [-0.05, 0) is 56.5 Å². The van der Waals surface area contributed by atoms with Crippen LogP contribution in [0.4, 0.5) is 17.1 Å². The zero-order chi connectivity index (χ0) is 23.4. The Kier molecular flexibility index (Phi) is 6.79. The lowest BCUT2D eigenvalue weighted by Gasteiger charge is -2.45. The number of carbonyl (C=O) groups is 3. The van der Waals surface area contributed by atoms with E-state index in [1.807, 2.05) is 67.3 Å². The van der Waals surface area contributed by atoms with Crippen LogP contribution in [0.3, 0.4) is 0 Å². The number of rotatable bonds is 7. The van der Waals surface area contributed by atoms with Crippen molar-refractivity contribution >= 4 is 34.8 Å². The van der Waals surface area contributed by atoms with Gasteiger partial charge in [0.2, 0.25) is 11.8 Å². The summed E-state index contributed by atoms with van der Waals surface area (Å²) in [5.41, 5.74) is 2.32. The fourth-order valence-corrected chi connectivity index (χ4v) is 5.03. The van der Waals surface area contributed by atoms with Crippen molar-refractivity contribution in [1.29, 1.82) is 0 Å². The molecule has 0 saturated heterocycles. The Balaban J connectivity index is 1.54. The first-order valence-electron chi connectivity index (χ1n) is 11.8. The third-order valence-electron chi connectivity index (χ3n) is 6.61. The number of anilines is 3. The van der Waals surface area contributed by atoms with Crippen LogP contribution in [0.1, 0.15) is 44.6 Å². The Bertz CT molecular complexity index is 1050. The standard InChI is InChI=1S/C26H32N4O3/c1-3-16-29(17-23(31)27-20-11-5-4-10-19(20)2)18-24(32)30-22-13-7-6-12-21(22)28-25(33)26(30)14-8-9-15-26/h4-7,10-13H,3,8-9,14-18H2,1-2H3,(H,27,31)(H,28,33). The molecule has 1 aliphatic heterocycles. The molecule has 0 atom stereocenters. The van der Waals surface area contributed by atoms with Gasteiger partial charge in [0.25, 0.3) is 5.91 Å². The molecule has 0 aromatic heterocycles.